The summed E-state index contributed by atoms with van der Waals surface area (Å²) >= 11 is 0. The Morgan fingerprint density at radius 2 is 1.33 bits per heavy atom. The Labute approximate surface area is 131 Å². The van der Waals surface area contributed by atoms with Crippen molar-refractivity contribution in [1.29, 1.82) is 0 Å². The second kappa shape index (κ2) is 9.82. The molecule has 0 amide bonds. The predicted octanol–water partition coefficient (Wildman–Crippen LogP) is 7.01. The maximum absolute atomic E-state index is 2.46. The molecule has 0 aliphatic heterocycles. The molecule has 0 saturated heterocycles. The smallest absolute Gasteiger partial charge is 0.0228 e. The molecule has 1 aromatic rings. The normalized spacial score (nSPS) is 24.8. The van der Waals surface area contributed by atoms with Crippen molar-refractivity contribution >= 4 is 6.08 Å². The molecule has 0 aromatic heterocycles. The zero-order valence-corrected chi connectivity index (χ0v) is 13.8. The van der Waals surface area contributed by atoms with E-state index in [4.69, 9.17) is 0 Å². The number of benzene rings is 1. The molecule has 21 heavy (non-hydrogen) atoms. The highest BCUT2D eigenvalue weighted by molar-refractivity contribution is 5.53. The van der Waals surface area contributed by atoms with Gasteiger partial charge in [0.25, 0.3) is 0 Å². The van der Waals surface area contributed by atoms with Crippen LogP contribution in [0.3, 0.4) is 0 Å². The van der Waals surface area contributed by atoms with Gasteiger partial charge >= 0.3 is 0 Å². The van der Waals surface area contributed by atoms with Gasteiger partial charge < -0.3 is 0 Å². The summed E-state index contributed by atoms with van der Waals surface area (Å²) in [6.45, 7) is 2.44. The third-order valence-corrected chi connectivity index (χ3v) is 4.89. The van der Waals surface area contributed by atoms with Crippen LogP contribution in [0.15, 0.2) is 35.9 Å². The molecule has 0 spiro atoms. The van der Waals surface area contributed by atoms with Crippen LogP contribution in [0.4, 0.5) is 0 Å². The molecule has 1 aliphatic carbocycles. The van der Waals surface area contributed by atoms with E-state index >= 15 is 0 Å². The zero-order valence-electron chi connectivity index (χ0n) is 13.8. The minimum atomic E-state index is 0.756. The Kier molecular flexibility index (Phi) is 7.63. The van der Waals surface area contributed by atoms with Crippen molar-refractivity contribution in [1.82, 2.24) is 0 Å². The summed E-state index contributed by atoms with van der Waals surface area (Å²) in [7, 11) is 0. The summed E-state index contributed by atoms with van der Waals surface area (Å²) in [6.07, 6.45) is 18.0. The van der Waals surface area contributed by atoms with E-state index in [9.17, 15) is 0 Å². The topological polar surface area (TPSA) is 0 Å². The molecule has 0 heterocycles. The summed E-state index contributed by atoms with van der Waals surface area (Å²) in [6, 6.07) is 10.9. The van der Waals surface area contributed by atoms with E-state index in [0.29, 0.717) is 0 Å². The standard InChI is InChI=1S/C21H32/c1-19-14-10-7-5-3-2-4-6-8-13-17-21(19)18-20-15-11-9-12-16-20/h9,11-12,15-16,18-19H,2-8,10,13-14,17H2,1H3. The lowest BCUT2D eigenvalue weighted by Crippen LogP contribution is -2.00. The lowest BCUT2D eigenvalue weighted by molar-refractivity contribution is 0.523. The van der Waals surface area contributed by atoms with Gasteiger partial charge in [-0.2, -0.15) is 0 Å². The van der Waals surface area contributed by atoms with E-state index < -0.39 is 0 Å². The molecule has 116 valence electrons. The molecule has 0 bridgehead atoms. The molecule has 2 rings (SSSR count). The average molecular weight is 284 g/mol. The van der Waals surface area contributed by atoms with Gasteiger partial charge in [0.05, 0.1) is 0 Å². The number of allylic oxidation sites excluding steroid dienone is 1. The fourth-order valence-electron chi connectivity index (χ4n) is 3.43. The van der Waals surface area contributed by atoms with Crippen molar-refractivity contribution in [2.24, 2.45) is 5.92 Å². The Bertz CT molecular complexity index is 401. The van der Waals surface area contributed by atoms with Gasteiger partial charge in [-0.3, -0.25) is 0 Å². The van der Waals surface area contributed by atoms with Crippen molar-refractivity contribution in [2.45, 2.75) is 77.6 Å². The molecule has 1 aliphatic rings. The van der Waals surface area contributed by atoms with E-state index in [2.05, 4.69) is 43.3 Å². The molecule has 1 unspecified atom stereocenters. The molecule has 0 nitrogen and oxygen atoms in total. The first kappa shape index (κ1) is 16.3. The molecule has 0 heteroatoms. The third-order valence-electron chi connectivity index (χ3n) is 4.89. The molecule has 0 radical (unpaired) electrons. The molecule has 1 fully saturated rings. The third kappa shape index (κ3) is 6.50. The largest absolute Gasteiger partial charge is 0.0668 e. The highest BCUT2D eigenvalue weighted by Crippen LogP contribution is 2.27. The second-order valence-electron chi connectivity index (χ2n) is 6.75. The highest BCUT2D eigenvalue weighted by Gasteiger charge is 2.09. The predicted molar refractivity (Wildman–Crippen MR) is 94.4 cm³/mol. The van der Waals surface area contributed by atoms with E-state index in [1.54, 1.807) is 5.57 Å². The Hall–Kier alpha value is -1.04. The lowest BCUT2D eigenvalue weighted by Gasteiger charge is -2.16. The summed E-state index contributed by atoms with van der Waals surface area (Å²) < 4.78 is 0. The molecule has 1 aromatic carbocycles. The van der Waals surface area contributed by atoms with Gasteiger partial charge in [0.15, 0.2) is 0 Å². The summed E-state index contributed by atoms with van der Waals surface area (Å²) in [5.41, 5.74) is 3.06. The van der Waals surface area contributed by atoms with Crippen LogP contribution in [-0.4, -0.2) is 0 Å². The van der Waals surface area contributed by atoms with E-state index in [1.807, 2.05) is 0 Å². The van der Waals surface area contributed by atoms with Crippen LogP contribution in [0.5, 0.6) is 0 Å². The molecular weight excluding hydrogens is 252 g/mol. The monoisotopic (exact) mass is 284 g/mol. The van der Waals surface area contributed by atoms with E-state index in [-0.39, 0.29) is 0 Å². The fourth-order valence-corrected chi connectivity index (χ4v) is 3.43. The number of hydrogen-bond donors (Lipinski definition) is 0. The highest BCUT2D eigenvalue weighted by atomic mass is 14.2. The van der Waals surface area contributed by atoms with Gasteiger partial charge in [-0.1, -0.05) is 100 Å². The van der Waals surface area contributed by atoms with Crippen LogP contribution >= 0.6 is 0 Å². The van der Waals surface area contributed by atoms with Crippen LogP contribution in [0.1, 0.15) is 83.1 Å². The van der Waals surface area contributed by atoms with Crippen molar-refractivity contribution < 1.29 is 0 Å². The van der Waals surface area contributed by atoms with Gasteiger partial charge in [-0.15, -0.1) is 0 Å². The number of hydrogen-bond acceptors (Lipinski definition) is 0. The molecule has 0 N–H and O–H groups in total. The average Bonchev–Trinajstić information content (AvgIpc) is 2.53. The van der Waals surface area contributed by atoms with E-state index in [1.165, 1.54) is 76.2 Å². The first-order valence-electron chi connectivity index (χ1n) is 9.12. The Balaban J connectivity index is 2.00. The van der Waals surface area contributed by atoms with Crippen LogP contribution in [0, 0.1) is 5.92 Å². The summed E-state index contributed by atoms with van der Waals surface area (Å²) in [4.78, 5) is 0. The van der Waals surface area contributed by atoms with Crippen molar-refractivity contribution in [3.63, 3.8) is 0 Å². The van der Waals surface area contributed by atoms with Gasteiger partial charge in [0, 0.05) is 0 Å². The quantitative estimate of drug-likeness (QED) is 0.520. The van der Waals surface area contributed by atoms with Crippen molar-refractivity contribution in [2.75, 3.05) is 0 Å². The first-order valence-corrected chi connectivity index (χ1v) is 9.12. The minimum Gasteiger partial charge on any atom is -0.0668 e. The van der Waals surface area contributed by atoms with Crippen molar-refractivity contribution in [3.8, 4) is 0 Å². The number of rotatable bonds is 1. The van der Waals surface area contributed by atoms with Crippen LogP contribution < -0.4 is 0 Å². The maximum Gasteiger partial charge on any atom is -0.0228 e. The first-order chi connectivity index (χ1) is 10.4. The van der Waals surface area contributed by atoms with Crippen LogP contribution in [0.2, 0.25) is 0 Å². The second-order valence-corrected chi connectivity index (χ2v) is 6.75. The Morgan fingerprint density at radius 3 is 2.00 bits per heavy atom. The minimum absolute atomic E-state index is 0.756. The fraction of sp³-hybridized carbons (Fsp3) is 0.619. The molecule has 1 saturated carbocycles. The Morgan fingerprint density at radius 1 is 0.762 bits per heavy atom. The summed E-state index contributed by atoms with van der Waals surface area (Å²) in [5.74, 6) is 0.756. The lowest BCUT2D eigenvalue weighted by atomic mass is 9.89. The summed E-state index contributed by atoms with van der Waals surface area (Å²) in [5, 5.41) is 0. The molecule has 1 atom stereocenters. The van der Waals surface area contributed by atoms with Crippen molar-refractivity contribution in [3.05, 3.63) is 41.5 Å². The maximum atomic E-state index is 2.46. The van der Waals surface area contributed by atoms with E-state index in [0.717, 1.165) is 5.92 Å². The molecular formula is C21H32. The van der Waals surface area contributed by atoms with Gasteiger partial charge in [-0.25, -0.2) is 0 Å². The SMILES string of the molecule is CC1CCCCCCCCCCCC1=Cc1ccccc1. The zero-order chi connectivity index (χ0) is 14.8. The van der Waals surface area contributed by atoms with Crippen LogP contribution in [-0.2, 0) is 0 Å². The van der Waals surface area contributed by atoms with Gasteiger partial charge in [-0.05, 0) is 30.7 Å². The van der Waals surface area contributed by atoms with Gasteiger partial charge in [0.1, 0.15) is 0 Å². The van der Waals surface area contributed by atoms with Gasteiger partial charge in [0.2, 0.25) is 0 Å². The van der Waals surface area contributed by atoms with Crippen LogP contribution in [0.25, 0.3) is 6.08 Å².